The predicted octanol–water partition coefficient (Wildman–Crippen LogP) is 6.59. The maximum atomic E-state index is 11.6. The van der Waals surface area contributed by atoms with Gasteiger partial charge in [0.05, 0.1) is 5.70 Å². The van der Waals surface area contributed by atoms with Crippen LogP contribution in [0, 0.1) is 0 Å². The Labute approximate surface area is 214 Å². The fourth-order valence-electron chi connectivity index (χ4n) is 4.11. The van der Waals surface area contributed by atoms with Crippen LogP contribution in [-0.4, -0.2) is 12.5 Å². The molecular formula is C32H35N3O. The summed E-state index contributed by atoms with van der Waals surface area (Å²) in [4.78, 5) is 11.6. The molecule has 3 aromatic rings. The second kappa shape index (κ2) is 13.0. The molecule has 0 spiro atoms. The first-order chi connectivity index (χ1) is 17.4. The van der Waals surface area contributed by atoms with Gasteiger partial charge in [0, 0.05) is 30.4 Å². The summed E-state index contributed by atoms with van der Waals surface area (Å²) in [6, 6.07) is 23.1. The summed E-state index contributed by atoms with van der Waals surface area (Å²) in [5.41, 5.74) is 6.20. The normalized spacial score (nSPS) is 12.1. The van der Waals surface area contributed by atoms with E-state index in [0.29, 0.717) is 24.5 Å². The third kappa shape index (κ3) is 6.88. The Morgan fingerprint density at radius 3 is 2.47 bits per heavy atom. The Hall–Kier alpha value is -4.27. The number of allylic oxidation sites excluding steroid dienone is 3. The van der Waals surface area contributed by atoms with Crippen LogP contribution in [0.1, 0.15) is 43.5 Å². The largest absolute Gasteiger partial charge is 0.380 e. The van der Waals surface area contributed by atoms with Crippen molar-refractivity contribution in [2.45, 2.75) is 33.4 Å². The summed E-state index contributed by atoms with van der Waals surface area (Å²) in [6.07, 6.45) is 5.94. The highest BCUT2D eigenvalue weighted by atomic mass is 16.1. The lowest BCUT2D eigenvalue weighted by Crippen LogP contribution is -2.24. The smallest absolute Gasteiger partial charge is 0.152 e. The molecule has 1 atom stereocenters. The highest BCUT2D eigenvalue weighted by Crippen LogP contribution is 2.27. The lowest BCUT2D eigenvalue weighted by molar-refractivity contribution is 0.564. The van der Waals surface area contributed by atoms with Crippen LogP contribution in [0.5, 0.6) is 0 Å². The minimum absolute atomic E-state index is 0.102. The number of nitrogens with one attached hydrogen (secondary N) is 3. The van der Waals surface area contributed by atoms with Gasteiger partial charge in [0.1, 0.15) is 5.70 Å². The SMILES string of the molecule is C=C(C)/C=C/CNC(=C)C(=C=O)NCc1ccccc1C(=CC)NC(C)c1cccc2ccccc12. The summed E-state index contributed by atoms with van der Waals surface area (Å²) in [7, 11) is 0. The number of rotatable bonds is 12. The van der Waals surface area contributed by atoms with E-state index >= 15 is 0 Å². The lowest BCUT2D eigenvalue weighted by atomic mass is 9.98. The van der Waals surface area contributed by atoms with Crippen molar-refractivity contribution in [1.82, 2.24) is 16.0 Å². The number of benzene rings is 3. The molecule has 0 amide bonds. The molecule has 0 aliphatic carbocycles. The molecule has 0 bridgehead atoms. The average molecular weight is 478 g/mol. The minimum atomic E-state index is 0.102. The van der Waals surface area contributed by atoms with Crippen LogP contribution in [-0.2, 0) is 11.3 Å². The first-order valence-electron chi connectivity index (χ1n) is 12.2. The first kappa shape index (κ1) is 26.3. The molecule has 0 saturated carbocycles. The number of hydrogen-bond donors (Lipinski definition) is 3. The van der Waals surface area contributed by atoms with Crippen molar-refractivity contribution in [3.8, 4) is 0 Å². The van der Waals surface area contributed by atoms with Crippen molar-refractivity contribution in [2.75, 3.05) is 6.54 Å². The van der Waals surface area contributed by atoms with Crippen LogP contribution >= 0.6 is 0 Å². The summed E-state index contributed by atoms with van der Waals surface area (Å²) in [5, 5.41) is 12.5. The molecule has 36 heavy (non-hydrogen) atoms. The molecule has 0 radical (unpaired) electrons. The van der Waals surface area contributed by atoms with Crippen molar-refractivity contribution < 1.29 is 4.79 Å². The van der Waals surface area contributed by atoms with Crippen molar-refractivity contribution in [1.29, 1.82) is 0 Å². The van der Waals surface area contributed by atoms with Gasteiger partial charge in [0.25, 0.3) is 0 Å². The average Bonchev–Trinajstić information content (AvgIpc) is 2.89. The molecule has 3 aromatic carbocycles. The van der Waals surface area contributed by atoms with Crippen LogP contribution < -0.4 is 16.0 Å². The van der Waals surface area contributed by atoms with E-state index in [4.69, 9.17) is 0 Å². The maximum absolute atomic E-state index is 11.6. The Morgan fingerprint density at radius 2 is 1.72 bits per heavy atom. The second-order valence-electron chi connectivity index (χ2n) is 8.73. The molecule has 0 aromatic heterocycles. The van der Waals surface area contributed by atoms with E-state index in [-0.39, 0.29) is 6.04 Å². The monoisotopic (exact) mass is 477 g/mol. The summed E-state index contributed by atoms with van der Waals surface area (Å²) in [5.74, 6) is 1.98. The third-order valence-electron chi connectivity index (χ3n) is 5.95. The molecule has 4 nitrogen and oxygen atoms in total. The van der Waals surface area contributed by atoms with Gasteiger partial charge in [0.2, 0.25) is 0 Å². The Morgan fingerprint density at radius 1 is 1.00 bits per heavy atom. The number of fused-ring (bicyclic) bond motifs is 1. The Kier molecular flexibility index (Phi) is 9.50. The molecule has 0 fully saturated rings. The molecule has 4 heteroatoms. The highest BCUT2D eigenvalue weighted by Gasteiger charge is 2.14. The Balaban J connectivity index is 1.73. The van der Waals surface area contributed by atoms with Crippen molar-refractivity contribution in [2.24, 2.45) is 0 Å². The molecule has 0 aliphatic heterocycles. The summed E-state index contributed by atoms with van der Waals surface area (Å²) < 4.78 is 0. The van der Waals surface area contributed by atoms with Crippen LogP contribution in [0.2, 0.25) is 0 Å². The van der Waals surface area contributed by atoms with Gasteiger partial charge in [-0.05, 0) is 42.7 Å². The predicted molar refractivity (Wildman–Crippen MR) is 153 cm³/mol. The van der Waals surface area contributed by atoms with E-state index in [2.05, 4.69) is 96.7 Å². The van der Waals surface area contributed by atoms with Crippen molar-refractivity contribution >= 4 is 22.4 Å². The Bertz CT molecular complexity index is 1340. The molecule has 184 valence electrons. The van der Waals surface area contributed by atoms with E-state index in [1.807, 2.05) is 44.1 Å². The van der Waals surface area contributed by atoms with E-state index in [1.54, 1.807) is 0 Å². The number of carbonyl (C=O) groups excluding carboxylic acids is 1. The topological polar surface area (TPSA) is 53.2 Å². The zero-order chi connectivity index (χ0) is 25.9. The fourth-order valence-corrected chi connectivity index (χ4v) is 4.11. The van der Waals surface area contributed by atoms with Gasteiger partial charge in [-0.25, -0.2) is 4.79 Å². The summed E-state index contributed by atoms with van der Waals surface area (Å²) in [6.45, 7) is 15.0. The highest BCUT2D eigenvalue weighted by molar-refractivity contribution is 5.86. The maximum Gasteiger partial charge on any atom is 0.152 e. The van der Waals surface area contributed by atoms with Gasteiger partial charge in [-0.2, -0.15) is 0 Å². The number of hydrogen-bond acceptors (Lipinski definition) is 4. The van der Waals surface area contributed by atoms with Crippen molar-refractivity contribution in [3.63, 3.8) is 0 Å². The summed E-state index contributed by atoms with van der Waals surface area (Å²) >= 11 is 0. The van der Waals surface area contributed by atoms with E-state index in [9.17, 15) is 4.79 Å². The van der Waals surface area contributed by atoms with Gasteiger partial charge < -0.3 is 16.0 Å². The van der Waals surface area contributed by atoms with Crippen LogP contribution in [0.15, 0.2) is 115 Å². The first-order valence-corrected chi connectivity index (χ1v) is 12.2. The quantitative estimate of drug-likeness (QED) is 0.203. The van der Waals surface area contributed by atoms with E-state index in [1.165, 1.54) is 16.3 Å². The van der Waals surface area contributed by atoms with Gasteiger partial charge >= 0.3 is 0 Å². The lowest BCUT2D eigenvalue weighted by Gasteiger charge is -2.22. The van der Waals surface area contributed by atoms with Crippen LogP contribution in [0.3, 0.4) is 0 Å². The standard InChI is InChI=1S/C32H35N3O/c1-6-31(35-24(4)28-19-11-16-26-14-7-9-17-29(26)28)30-18-10-8-15-27(30)21-34-32(22-36)25(5)33-20-12-13-23(2)3/h6-19,24,33-35H,2,5,20-21H2,1,3-4H3/b13-12+,31-6?. The van der Waals surface area contributed by atoms with Gasteiger partial charge in [-0.3, -0.25) is 0 Å². The zero-order valence-electron chi connectivity index (χ0n) is 21.4. The zero-order valence-corrected chi connectivity index (χ0v) is 21.4. The van der Waals surface area contributed by atoms with Gasteiger partial charge in [-0.15, -0.1) is 0 Å². The molecule has 0 aliphatic rings. The van der Waals surface area contributed by atoms with E-state index in [0.717, 1.165) is 22.4 Å². The van der Waals surface area contributed by atoms with Crippen molar-refractivity contribution in [3.05, 3.63) is 132 Å². The van der Waals surface area contributed by atoms with Gasteiger partial charge in [0.15, 0.2) is 5.94 Å². The second-order valence-corrected chi connectivity index (χ2v) is 8.73. The minimum Gasteiger partial charge on any atom is -0.380 e. The molecule has 1 unspecified atom stereocenters. The molecule has 0 heterocycles. The van der Waals surface area contributed by atoms with Crippen LogP contribution in [0.25, 0.3) is 16.5 Å². The molecule has 3 N–H and O–H groups in total. The van der Waals surface area contributed by atoms with Gasteiger partial charge in [-0.1, -0.05) is 104 Å². The molecule has 3 rings (SSSR count). The molecule has 0 saturated heterocycles. The fraction of sp³-hybridized carbons (Fsp3) is 0.188. The van der Waals surface area contributed by atoms with Crippen LogP contribution in [0.4, 0.5) is 0 Å². The van der Waals surface area contributed by atoms with E-state index < -0.39 is 0 Å². The third-order valence-corrected chi connectivity index (χ3v) is 5.95. The molecular weight excluding hydrogens is 442 g/mol.